The summed E-state index contributed by atoms with van der Waals surface area (Å²) < 4.78 is 19.9. The lowest BCUT2D eigenvalue weighted by atomic mass is 10.1. The SMILES string of the molecule is CNCc1ccc(COc2cc(F)ccc2C)c(Br)c1. The lowest BCUT2D eigenvalue weighted by molar-refractivity contribution is 0.301. The van der Waals surface area contributed by atoms with E-state index < -0.39 is 0 Å². The summed E-state index contributed by atoms with van der Waals surface area (Å²) in [4.78, 5) is 0. The van der Waals surface area contributed by atoms with Crippen molar-refractivity contribution in [2.45, 2.75) is 20.1 Å². The maximum absolute atomic E-state index is 13.2. The summed E-state index contributed by atoms with van der Waals surface area (Å²) in [6.07, 6.45) is 0. The third kappa shape index (κ3) is 3.81. The van der Waals surface area contributed by atoms with Gasteiger partial charge in [-0.1, -0.05) is 34.1 Å². The highest BCUT2D eigenvalue weighted by Gasteiger charge is 2.05. The van der Waals surface area contributed by atoms with Gasteiger partial charge < -0.3 is 10.1 Å². The monoisotopic (exact) mass is 337 g/mol. The van der Waals surface area contributed by atoms with Crippen molar-refractivity contribution < 1.29 is 9.13 Å². The molecule has 0 unspecified atom stereocenters. The van der Waals surface area contributed by atoms with Gasteiger partial charge in [-0.2, -0.15) is 0 Å². The van der Waals surface area contributed by atoms with E-state index in [2.05, 4.69) is 33.4 Å². The molecule has 0 heterocycles. The van der Waals surface area contributed by atoms with Crippen molar-refractivity contribution in [2.75, 3.05) is 7.05 Å². The lowest BCUT2D eigenvalue weighted by Gasteiger charge is -2.11. The van der Waals surface area contributed by atoms with E-state index in [-0.39, 0.29) is 5.82 Å². The molecule has 0 saturated heterocycles. The fourth-order valence-electron chi connectivity index (χ4n) is 1.91. The molecule has 2 nitrogen and oxygen atoms in total. The molecular formula is C16H17BrFNO. The van der Waals surface area contributed by atoms with Crippen molar-refractivity contribution in [3.8, 4) is 5.75 Å². The molecule has 0 spiro atoms. The van der Waals surface area contributed by atoms with Crippen LogP contribution in [0.5, 0.6) is 5.75 Å². The Hall–Kier alpha value is -1.39. The standard InChI is InChI=1S/C16H17BrFNO/c1-11-3-6-14(18)8-16(11)20-10-13-5-4-12(9-19-2)7-15(13)17/h3-8,19H,9-10H2,1-2H3. The van der Waals surface area contributed by atoms with Crippen LogP contribution in [-0.4, -0.2) is 7.05 Å². The first-order valence-corrected chi connectivity index (χ1v) is 7.20. The number of hydrogen-bond acceptors (Lipinski definition) is 2. The van der Waals surface area contributed by atoms with Crippen molar-refractivity contribution in [2.24, 2.45) is 0 Å². The summed E-state index contributed by atoms with van der Waals surface area (Å²) in [5.74, 6) is 0.297. The summed E-state index contributed by atoms with van der Waals surface area (Å²) in [7, 11) is 1.91. The van der Waals surface area contributed by atoms with Gasteiger partial charge in [0.15, 0.2) is 0 Å². The van der Waals surface area contributed by atoms with E-state index in [1.165, 1.54) is 17.7 Å². The molecule has 0 fully saturated rings. The third-order valence-corrected chi connectivity index (χ3v) is 3.77. The highest BCUT2D eigenvalue weighted by molar-refractivity contribution is 9.10. The van der Waals surface area contributed by atoms with Gasteiger partial charge in [0, 0.05) is 22.6 Å². The Morgan fingerprint density at radius 1 is 1.20 bits per heavy atom. The summed E-state index contributed by atoms with van der Waals surface area (Å²) >= 11 is 3.54. The van der Waals surface area contributed by atoms with Gasteiger partial charge in [-0.15, -0.1) is 0 Å². The van der Waals surface area contributed by atoms with Crippen molar-refractivity contribution in [1.82, 2.24) is 5.32 Å². The Kier molecular flexibility index (Phi) is 5.15. The summed E-state index contributed by atoms with van der Waals surface area (Å²) in [6.45, 7) is 3.13. The van der Waals surface area contributed by atoms with Crippen LogP contribution < -0.4 is 10.1 Å². The number of nitrogens with one attached hydrogen (secondary N) is 1. The number of hydrogen-bond donors (Lipinski definition) is 1. The van der Waals surface area contributed by atoms with Crippen molar-refractivity contribution in [1.29, 1.82) is 0 Å². The number of benzene rings is 2. The van der Waals surface area contributed by atoms with Gasteiger partial charge in [0.1, 0.15) is 18.2 Å². The average molecular weight is 338 g/mol. The average Bonchev–Trinajstić information content (AvgIpc) is 2.42. The lowest BCUT2D eigenvalue weighted by Crippen LogP contribution is -2.05. The minimum absolute atomic E-state index is 0.283. The number of aryl methyl sites for hydroxylation is 1. The van der Waals surface area contributed by atoms with Crippen LogP contribution >= 0.6 is 15.9 Å². The zero-order chi connectivity index (χ0) is 14.5. The molecule has 0 saturated carbocycles. The zero-order valence-corrected chi connectivity index (χ0v) is 13.1. The Morgan fingerprint density at radius 3 is 2.70 bits per heavy atom. The molecule has 2 rings (SSSR count). The van der Waals surface area contributed by atoms with Crippen LogP contribution in [0.4, 0.5) is 4.39 Å². The number of rotatable bonds is 5. The molecule has 0 aliphatic rings. The van der Waals surface area contributed by atoms with Gasteiger partial charge in [0.2, 0.25) is 0 Å². The van der Waals surface area contributed by atoms with Crippen molar-refractivity contribution >= 4 is 15.9 Å². The maximum Gasteiger partial charge on any atom is 0.126 e. The molecule has 0 aliphatic heterocycles. The molecule has 2 aromatic rings. The highest BCUT2D eigenvalue weighted by atomic mass is 79.9. The molecule has 0 bridgehead atoms. The Balaban J connectivity index is 2.09. The quantitative estimate of drug-likeness (QED) is 0.882. The topological polar surface area (TPSA) is 21.3 Å². The zero-order valence-electron chi connectivity index (χ0n) is 11.5. The van der Waals surface area contributed by atoms with Crippen molar-refractivity contribution in [3.05, 3.63) is 63.4 Å². The van der Waals surface area contributed by atoms with Crippen LogP contribution in [-0.2, 0) is 13.2 Å². The van der Waals surface area contributed by atoms with Gasteiger partial charge in [0.25, 0.3) is 0 Å². The fraction of sp³-hybridized carbons (Fsp3) is 0.250. The minimum atomic E-state index is -0.283. The second-order valence-electron chi connectivity index (χ2n) is 4.65. The van der Waals surface area contributed by atoms with E-state index in [4.69, 9.17) is 4.74 Å². The van der Waals surface area contributed by atoms with E-state index in [9.17, 15) is 4.39 Å². The van der Waals surface area contributed by atoms with Crippen LogP contribution in [0.2, 0.25) is 0 Å². The molecule has 20 heavy (non-hydrogen) atoms. The first kappa shape index (κ1) is 15.0. The van der Waals surface area contributed by atoms with E-state index >= 15 is 0 Å². The van der Waals surface area contributed by atoms with Gasteiger partial charge in [-0.25, -0.2) is 4.39 Å². The van der Waals surface area contributed by atoms with E-state index in [0.717, 1.165) is 22.1 Å². The van der Waals surface area contributed by atoms with Crippen LogP contribution in [0, 0.1) is 12.7 Å². The fourth-order valence-corrected chi connectivity index (χ4v) is 2.45. The van der Waals surface area contributed by atoms with Gasteiger partial charge in [-0.05, 0) is 37.2 Å². The Bertz CT molecular complexity index is 601. The molecule has 2 aromatic carbocycles. The molecule has 4 heteroatoms. The van der Waals surface area contributed by atoms with E-state index in [1.54, 1.807) is 6.07 Å². The predicted octanol–water partition coefficient (Wildman–Crippen LogP) is 4.20. The second-order valence-corrected chi connectivity index (χ2v) is 5.51. The molecule has 1 N–H and O–H groups in total. The van der Waals surface area contributed by atoms with Crippen LogP contribution in [0.3, 0.4) is 0 Å². The largest absolute Gasteiger partial charge is 0.488 e. The predicted molar refractivity (Wildman–Crippen MR) is 82.4 cm³/mol. The van der Waals surface area contributed by atoms with E-state index in [1.807, 2.05) is 20.0 Å². The molecule has 106 valence electrons. The molecule has 0 atom stereocenters. The van der Waals surface area contributed by atoms with Crippen LogP contribution in [0.1, 0.15) is 16.7 Å². The molecular weight excluding hydrogens is 321 g/mol. The molecule has 0 aromatic heterocycles. The second kappa shape index (κ2) is 6.86. The van der Waals surface area contributed by atoms with Crippen LogP contribution in [0.25, 0.3) is 0 Å². The Morgan fingerprint density at radius 2 is 2.00 bits per heavy atom. The first-order valence-electron chi connectivity index (χ1n) is 6.41. The number of halogens is 2. The molecule has 0 amide bonds. The van der Waals surface area contributed by atoms with Crippen molar-refractivity contribution in [3.63, 3.8) is 0 Å². The highest BCUT2D eigenvalue weighted by Crippen LogP contribution is 2.23. The van der Waals surface area contributed by atoms with Gasteiger partial charge in [-0.3, -0.25) is 0 Å². The van der Waals surface area contributed by atoms with Crippen LogP contribution in [0.15, 0.2) is 40.9 Å². The first-order chi connectivity index (χ1) is 9.60. The number of ether oxygens (including phenoxy) is 1. The third-order valence-electron chi connectivity index (χ3n) is 3.03. The summed E-state index contributed by atoms with van der Waals surface area (Å²) in [6, 6.07) is 10.7. The summed E-state index contributed by atoms with van der Waals surface area (Å²) in [5.41, 5.74) is 3.16. The van der Waals surface area contributed by atoms with E-state index in [0.29, 0.717) is 12.4 Å². The Labute approximate surface area is 127 Å². The van der Waals surface area contributed by atoms with Gasteiger partial charge in [0.05, 0.1) is 0 Å². The minimum Gasteiger partial charge on any atom is -0.488 e. The molecule has 0 radical (unpaired) electrons. The summed E-state index contributed by atoms with van der Waals surface area (Å²) in [5, 5.41) is 3.11. The smallest absolute Gasteiger partial charge is 0.126 e. The normalized spacial score (nSPS) is 10.6. The maximum atomic E-state index is 13.2. The molecule has 0 aliphatic carbocycles. The van der Waals surface area contributed by atoms with Gasteiger partial charge >= 0.3 is 0 Å².